The van der Waals surface area contributed by atoms with Crippen LogP contribution in [0.25, 0.3) is 0 Å². The zero-order valence-electron chi connectivity index (χ0n) is 5.64. The van der Waals surface area contributed by atoms with Gasteiger partial charge in [0.05, 0.1) is 0 Å². The van der Waals surface area contributed by atoms with Crippen molar-refractivity contribution < 1.29 is 5.21 Å². The van der Waals surface area contributed by atoms with Gasteiger partial charge >= 0.3 is 0 Å². The summed E-state index contributed by atoms with van der Waals surface area (Å²) >= 11 is 11.4. The molecule has 0 radical (unpaired) electrons. The molecule has 4 heteroatoms. The quantitative estimate of drug-likeness (QED) is 0.705. The van der Waals surface area contributed by atoms with E-state index in [1.807, 2.05) is 5.48 Å². The lowest BCUT2D eigenvalue weighted by Gasteiger charge is -2.00. The van der Waals surface area contributed by atoms with Crippen LogP contribution >= 0.6 is 23.2 Å². The van der Waals surface area contributed by atoms with Crippen LogP contribution in [0.3, 0.4) is 0 Å². The van der Waals surface area contributed by atoms with Gasteiger partial charge in [0.25, 0.3) is 0 Å². The Hall–Kier alpha value is -0.280. The molecule has 1 aromatic rings. The van der Waals surface area contributed by atoms with E-state index in [1.165, 1.54) is 0 Å². The molecule has 0 aliphatic carbocycles. The predicted molar refractivity (Wildman–Crippen MR) is 45.1 cm³/mol. The molecule has 0 aromatic heterocycles. The molecular weight excluding hydrogens is 185 g/mol. The van der Waals surface area contributed by atoms with E-state index in [1.54, 1.807) is 18.2 Å². The van der Waals surface area contributed by atoms with Crippen molar-refractivity contribution in [3.05, 3.63) is 33.8 Å². The maximum Gasteiger partial charge on any atom is 0.0459 e. The molecule has 1 rings (SSSR count). The summed E-state index contributed by atoms with van der Waals surface area (Å²) in [6, 6.07) is 5.11. The molecule has 0 saturated heterocycles. The minimum Gasteiger partial charge on any atom is -0.316 e. The second-order valence-corrected chi connectivity index (χ2v) is 2.99. The van der Waals surface area contributed by atoms with Crippen molar-refractivity contribution >= 4 is 23.2 Å². The summed E-state index contributed by atoms with van der Waals surface area (Å²) in [6.07, 6.45) is 0. The maximum atomic E-state index is 8.37. The standard InChI is InChI=1S/C7H7Cl2NO/c8-6-1-5(4-10-11)2-7(9)3-6/h1-3,10-11H,4H2. The molecular formula is C7H7Cl2NO. The Morgan fingerprint density at radius 2 is 1.73 bits per heavy atom. The zero-order valence-corrected chi connectivity index (χ0v) is 7.15. The van der Waals surface area contributed by atoms with E-state index >= 15 is 0 Å². The Bertz CT molecular complexity index is 232. The van der Waals surface area contributed by atoms with Crippen molar-refractivity contribution in [1.29, 1.82) is 0 Å². The summed E-state index contributed by atoms with van der Waals surface area (Å²) in [7, 11) is 0. The van der Waals surface area contributed by atoms with Gasteiger partial charge in [-0.1, -0.05) is 23.2 Å². The van der Waals surface area contributed by atoms with Crippen molar-refractivity contribution in [3.63, 3.8) is 0 Å². The molecule has 1 aromatic carbocycles. The van der Waals surface area contributed by atoms with Gasteiger partial charge in [0.15, 0.2) is 0 Å². The van der Waals surface area contributed by atoms with Gasteiger partial charge in [-0.05, 0) is 23.8 Å². The lowest BCUT2D eigenvalue weighted by atomic mass is 10.2. The Morgan fingerprint density at radius 3 is 2.18 bits per heavy atom. The summed E-state index contributed by atoms with van der Waals surface area (Å²) in [5.41, 5.74) is 2.87. The number of benzene rings is 1. The largest absolute Gasteiger partial charge is 0.316 e. The normalized spacial score (nSPS) is 10.1. The Balaban J connectivity index is 2.89. The molecule has 0 atom stereocenters. The summed E-state index contributed by atoms with van der Waals surface area (Å²) in [5.74, 6) is 0. The van der Waals surface area contributed by atoms with Crippen molar-refractivity contribution in [2.45, 2.75) is 6.54 Å². The predicted octanol–water partition coefficient (Wildman–Crippen LogP) is 2.47. The molecule has 0 aliphatic heterocycles. The third-order valence-corrected chi connectivity index (χ3v) is 1.64. The first kappa shape index (κ1) is 8.81. The van der Waals surface area contributed by atoms with Gasteiger partial charge in [-0.15, -0.1) is 0 Å². The van der Waals surface area contributed by atoms with Gasteiger partial charge in [-0.25, -0.2) is 5.48 Å². The topological polar surface area (TPSA) is 32.3 Å². The highest BCUT2D eigenvalue weighted by Crippen LogP contribution is 2.18. The Morgan fingerprint density at radius 1 is 1.18 bits per heavy atom. The number of nitrogens with one attached hydrogen (secondary N) is 1. The molecule has 0 bridgehead atoms. The lowest BCUT2D eigenvalue weighted by molar-refractivity contribution is 0.161. The van der Waals surface area contributed by atoms with Gasteiger partial charge in [0.1, 0.15) is 0 Å². The highest BCUT2D eigenvalue weighted by molar-refractivity contribution is 6.34. The van der Waals surface area contributed by atoms with E-state index in [-0.39, 0.29) is 0 Å². The first-order chi connectivity index (χ1) is 5.22. The minimum absolute atomic E-state index is 0.347. The third kappa shape index (κ3) is 2.67. The molecule has 0 aliphatic rings. The van der Waals surface area contributed by atoms with Gasteiger partial charge < -0.3 is 5.21 Å². The van der Waals surface area contributed by atoms with Gasteiger partial charge in [-0.3, -0.25) is 0 Å². The number of hydrogen-bond donors (Lipinski definition) is 2. The Labute approximate surface area is 74.7 Å². The summed E-state index contributed by atoms with van der Waals surface area (Å²) in [4.78, 5) is 0. The highest BCUT2D eigenvalue weighted by atomic mass is 35.5. The average Bonchev–Trinajstić information content (AvgIpc) is 1.85. The molecule has 0 unspecified atom stereocenters. The van der Waals surface area contributed by atoms with Crippen LogP contribution in [0.1, 0.15) is 5.56 Å². The summed E-state index contributed by atoms with van der Waals surface area (Å²) < 4.78 is 0. The fraction of sp³-hybridized carbons (Fsp3) is 0.143. The molecule has 0 saturated carbocycles. The number of hydroxylamine groups is 1. The van der Waals surface area contributed by atoms with Crippen LogP contribution in [-0.4, -0.2) is 5.21 Å². The van der Waals surface area contributed by atoms with Crippen LogP contribution in [-0.2, 0) is 6.54 Å². The van der Waals surface area contributed by atoms with E-state index in [0.717, 1.165) is 5.56 Å². The zero-order chi connectivity index (χ0) is 8.27. The van der Waals surface area contributed by atoms with E-state index in [2.05, 4.69) is 0 Å². The van der Waals surface area contributed by atoms with E-state index in [4.69, 9.17) is 28.4 Å². The molecule has 0 spiro atoms. The van der Waals surface area contributed by atoms with Crippen LogP contribution in [0.2, 0.25) is 10.0 Å². The summed E-state index contributed by atoms with van der Waals surface area (Å²) in [6.45, 7) is 0.347. The van der Waals surface area contributed by atoms with E-state index < -0.39 is 0 Å². The van der Waals surface area contributed by atoms with Crippen LogP contribution < -0.4 is 5.48 Å². The first-order valence-electron chi connectivity index (χ1n) is 3.04. The van der Waals surface area contributed by atoms with Gasteiger partial charge in [-0.2, -0.15) is 0 Å². The Kier molecular flexibility index (Phi) is 3.15. The number of rotatable bonds is 2. The number of halogens is 2. The number of hydrogen-bond acceptors (Lipinski definition) is 2. The van der Waals surface area contributed by atoms with Crippen LogP contribution in [0.15, 0.2) is 18.2 Å². The lowest BCUT2D eigenvalue weighted by Crippen LogP contribution is -2.05. The smallest absolute Gasteiger partial charge is 0.0459 e. The third-order valence-electron chi connectivity index (χ3n) is 1.21. The molecule has 2 nitrogen and oxygen atoms in total. The maximum absolute atomic E-state index is 8.37. The molecule has 11 heavy (non-hydrogen) atoms. The molecule has 0 amide bonds. The minimum atomic E-state index is 0.347. The molecule has 60 valence electrons. The van der Waals surface area contributed by atoms with Gasteiger partial charge in [0.2, 0.25) is 0 Å². The van der Waals surface area contributed by atoms with E-state index in [9.17, 15) is 0 Å². The van der Waals surface area contributed by atoms with Gasteiger partial charge in [0, 0.05) is 16.6 Å². The van der Waals surface area contributed by atoms with Crippen LogP contribution in [0.4, 0.5) is 0 Å². The monoisotopic (exact) mass is 191 g/mol. The van der Waals surface area contributed by atoms with Crippen molar-refractivity contribution in [1.82, 2.24) is 5.48 Å². The SMILES string of the molecule is ONCc1cc(Cl)cc(Cl)c1. The van der Waals surface area contributed by atoms with Crippen molar-refractivity contribution in [3.8, 4) is 0 Å². The molecule has 0 fully saturated rings. The van der Waals surface area contributed by atoms with E-state index in [0.29, 0.717) is 16.6 Å². The van der Waals surface area contributed by atoms with Crippen LogP contribution in [0.5, 0.6) is 0 Å². The molecule has 0 heterocycles. The molecule has 2 N–H and O–H groups in total. The first-order valence-corrected chi connectivity index (χ1v) is 3.80. The fourth-order valence-electron chi connectivity index (χ4n) is 0.804. The fourth-order valence-corrected chi connectivity index (χ4v) is 1.38. The average molecular weight is 192 g/mol. The second-order valence-electron chi connectivity index (χ2n) is 2.11. The van der Waals surface area contributed by atoms with Crippen molar-refractivity contribution in [2.24, 2.45) is 0 Å². The highest BCUT2D eigenvalue weighted by Gasteiger charge is 1.96. The van der Waals surface area contributed by atoms with Crippen molar-refractivity contribution in [2.75, 3.05) is 0 Å². The van der Waals surface area contributed by atoms with Crippen LogP contribution in [0, 0.1) is 0 Å². The second kappa shape index (κ2) is 3.93. The summed E-state index contributed by atoms with van der Waals surface area (Å²) in [5, 5.41) is 9.51.